The molecule has 2 aliphatic rings. The van der Waals surface area contributed by atoms with Gasteiger partial charge in [0.1, 0.15) is 12.4 Å². The highest BCUT2D eigenvalue weighted by Crippen LogP contribution is 2.44. The van der Waals surface area contributed by atoms with Gasteiger partial charge in [0.05, 0.1) is 5.69 Å². The minimum Gasteiger partial charge on any atom is -0.352 e. The lowest BCUT2D eigenvalue weighted by atomic mass is 9.95. The minimum atomic E-state index is -3.86. The summed E-state index contributed by atoms with van der Waals surface area (Å²) >= 11 is 0. The highest BCUT2D eigenvalue weighted by molar-refractivity contribution is 7.90. The van der Waals surface area contributed by atoms with Crippen LogP contribution in [0.4, 0.5) is 10.1 Å². The average Bonchev–Trinajstić information content (AvgIpc) is 3.16. The molecular formula is C17H24FN3O3S. The Hall–Kier alpha value is -1.67. The summed E-state index contributed by atoms with van der Waals surface area (Å²) in [5.41, 5.74) is 0.262. The Kier molecular flexibility index (Phi) is 5.02. The SMILES string of the molecule is CN(C)S(=O)(=O)N(CC(=O)N[C@H]1C[C@H]2CC[C@H]1C2)c1ccc(F)cc1. The molecule has 25 heavy (non-hydrogen) atoms. The lowest BCUT2D eigenvalue weighted by Gasteiger charge is -2.28. The Morgan fingerprint density at radius 2 is 1.88 bits per heavy atom. The van der Waals surface area contributed by atoms with Gasteiger partial charge in [-0.3, -0.25) is 4.79 Å². The molecule has 2 saturated carbocycles. The van der Waals surface area contributed by atoms with Crippen molar-refractivity contribution in [2.45, 2.75) is 31.7 Å². The minimum absolute atomic E-state index is 0.142. The van der Waals surface area contributed by atoms with Crippen molar-refractivity contribution in [3.63, 3.8) is 0 Å². The number of hydrogen-bond acceptors (Lipinski definition) is 3. The molecule has 2 aliphatic carbocycles. The van der Waals surface area contributed by atoms with Crippen LogP contribution < -0.4 is 9.62 Å². The zero-order chi connectivity index (χ0) is 18.2. The summed E-state index contributed by atoms with van der Waals surface area (Å²) in [6.45, 7) is -0.319. The molecule has 1 amide bonds. The number of nitrogens with zero attached hydrogens (tertiary/aromatic N) is 2. The molecule has 0 aliphatic heterocycles. The summed E-state index contributed by atoms with van der Waals surface area (Å²) in [5, 5.41) is 3.00. The molecule has 2 bridgehead atoms. The van der Waals surface area contributed by atoms with Gasteiger partial charge in [-0.1, -0.05) is 6.42 Å². The smallest absolute Gasteiger partial charge is 0.304 e. The van der Waals surface area contributed by atoms with Crippen molar-refractivity contribution in [2.24, 2.45) is 11.8 Å². The van der Waals surface area contributed by atoms with Crippen LogP contribution in [0.2, 0.25) is 0 Å². The van der Waals surface area contributed by atoms with Crippen molar-refractivity contribution in [3.05, 3.63) is 30.1 Å². The normalized spacial score (nSPS) is 25.4. The molecule has 1 N–H and O–H groups in total. The molecule has 0 aromatic heterocycles. The first-order chi connectivity index (χ1) is 11.8. The Morgan fingerprint density at radius 3 is 2.40 bits per heavy atom. The van der Waals surface area contributed by atoms with Crippen molar-refractivity contribution in [1.29, 1.82) is 0 Å². The molecular weight excluding hydrogens is 345 g/mol. The molecule has 0 spiro atoms. The number of fused-ring (bicyclic) bond motifs is 2. The van der Waals surface area contributed by atoms with E-state index in [0.717, 1.165) is 27.9 Å². The zero-order valence-electron chi connectivity index (χ0n) is 14.5. The number of nitrogens with one attached hydrogen (secondary N) is 1. The number of amides is 1. The molecule has 0 saturated heterocycles. The van der Waals surface area contributed by atoms with Gasteiger partial charge >= 0.3 is 10.2 Å². The van der Waals surface area contributed by atoms with E-state index < -0.39 is 16.0 Å². The monoisotopic (exact) mass is 369 g/mol. The van der Waals surface area contributed by atoms with Crippen LogP contribution in [0.3, 0.4) is 0 Å². The van der Waals surface area contributed by atoms with Crippen molar-refractivity contribution in [1.82, 2.24) is 9.62 Å². The van der Waals surface area contributed by atoms with Crippen LogP contribution in [0.15, 0.2) is 24.3 Å². The van der Waals surface area contributed by atoms with Crippen molar-refractivity contribution >= 4 is 21.8 Å². The van der Waals surface area contributed by atoms with E-state index in [1.165, 1.54) is 44.8 Å². The third-order valence-electron chi connectivity index (χ3n) is 5.23. The summed E-state index contributed by atoms with van der Waals surface area (Å²) in [7, 11) is -1.06. The Labute approximate surface area is 148 Å². The quantitative estimate of drug-likeness (QED) is 0.830. The number of anilines is 1. The molecule has 0 heterocycles. The third kappa shape index (κ3) is 3.79. The predicted octanol–water partition coefficient (Wildman–Crippen LogP) is 1.74. The predicted molar refractivity (Wildman–Crippen MR) is 93.7 cm³/mol. The van der Waals surface area contributed by atoms with Gasteiger partial charge < -0.3 is 5.32 Å². The summed E-state index contributed by atoms with van der Waals surface area (Å²) in [6, 6.07) is 5.23. The topological polar surface area (TPSA) is 69.7 Å². The van der Waals surface area contributed by atoms with Gasteiger partial charge in [-0.05, 0) is 55.4 Å². The van der Waals surface area contributed by atoms with Crippen molar-refractivity contribution < 1.29 is 17.6 Å². The summed E-state index contributed by atoms with van der Waals surface area (Å²) in [5.74, 6) is 0.414. The summed E-state index contributed by atoms with van der Waals surface area (Å²) in [6.07, 6.45) is 4.50. The number of hydrogen-bond donors (Lipinski definition) is 1. The largest absolute Gasteiger partial charge is 0.352 e. The Bertz CT molecular complexity index is 736. The first kappa shape index (κ1) is 18.1. The standard InChI is InChI=1S/C17H24FN3O3S/c1-20(2)25(23,24)21(15-7-5-14(18)6-8-15)11-17(22)19-16-10-12-3-4-13(16)9-12/h5-8,12-13,16H,3-4,9-11H2,1-2H3,(H,19,22)/t12-,13-,16-/m0/s1. The highest BCUT2D eigenvalue weighted by Gasteiger charge is 2.40. The zero-order valence-corrected chi connectivity index (χ0v) is 15.3. The van der Waals surface area contributed by atoms with Crippen LogP contribution in [-0.4, -0.2) is 45.3 Å². The molecule has 138 valence electrons. The number of benzene rings is 1. The van der Waals surface area contributed by atoms with Gasteiger partial charge in [-0.15, -0.1) is 0 Å². The maximum atomic E-state index is 13.2. The fourth-order valence-corrected chi connectivity index (χ4v) is 4.98. The molecule has 3 atom stereocenters. The van der Waals surface area contributed by atoms with Crippen LogP contribution in [0, 0.1) is 17.7 Å². The molecule has 1 aromatic carbocycles. The highest BCUT2D eigenvalue weighted by atomic mass is 32.2. The van der Waals surface area contributed by atoms with E-state index in [9.17, 15) is 17.6 Å². The number of halogens is 1. The molecule has 6 nitrogen and oxygen atoms in total. The fourth-order valence-electron chi connectivity index (χ4n) is 3.91. The van der Waals surface area contributed by atoms with Gasteiger partial charge in [0, 0.05) is 20.1 Å². The van der Waals surface area contributed by atoms with Crippen LogP contribution >= 0.6 is 0 Å². The van der Waals surface area contributed by atoms with Gasteiger partial charge in [0.15, 0.2) is 0 Å². The van der Waals surface area contributed by atoms with Crippen molar-refractivity contribution in [2.75, 3.05) is 24.9 Å². The first-order valence-corrected chi connectivity index (χ1v) is 9.92. The number of rotatable bonds is 6. The summed E-state index contributed by atoms with van der Waals surface area (Å²) in [4.78, 5) is 12.5. The van der Waals surface area contributed by atoms with Gasteiger partial charge in [0.25, 0.3) is 0 Å². The average molecular weight is 369 g/mol. The second kappa shape index (κ2) is 6.92. The van der Waals surface area contributed by atoms with E-state index >= 15 is 0 Å². The molecule has 0 unspecified atom stereocenters. The van der Waals surface area contributed by atoms with Crippen LogP contribution in [0.5, 0.6) is 0 Å². The molecule has 3 rings (SSSR count). The van der Waals surface area contributed by atoms with E-state index in [0.29, 0.717) is 11.8 Å². The third-order valence-corrected chi connectivity index (χ3v) is 7.05. The summed E-state index contributed by atoms with van der Waals surface area (Å²) < 4.78 is 40.4. The van der Waals surface area contributed by atoms with Gasteiger partial charge in [-0.2, -0.15) is 12.7 Å². The van der Waals surface area contributed by atoms with Crippen LogP contribution in [0.25, 0.3) is 0 Å². The Morgan fingerprint density at radius 1 is 1.20 bits per heavy atom. The molecule has 1 aromatic rings. The van der Waals surface area contributed by atoms with E-state index in [1.807, 2.05) is 0 Å². The van der Waals surface area contributed by atoms with E-state index in [-0.39, 0.29) is 24.2 Å². The number of carbonyl (C=O) groups excluding carboxylic acids is 1. The van der Waals surface area contributed by atoms with E-state index in [1.54, 1.807) is 0 Å². The second-order valence-corrected chi connectivity index (χ2v) is 9.19. The molecule has 8 heteroatoms. The second-order valence-electron chi connectivity index (χ2n) is 7.12. The van der Waals surface area contributed by atoms with Crippen LogP contribution in [-0.2, 0) is 15.0 Å². The van der Waals surface area contributed by atoms with Crippen molar-refractivity contribution in [3.8, 4) is 0 Å². The van der Waals surface area contributed by atoms with Gasteiger partial charge in [-0.25, -0.2) is 8.70 Å². The maximum Gasteiger partial charge on any atom is 0.304 e. The fraction of sp³-hybridized carbons (Fsp3) is 0.588. The van der Waals surface area contributed by atoms with E-state index in [4.69, 9.17) is 0 Å². The van der Waals surface area contributed by atoms with E-state index in [2.05, 4.69) is 5.32 Å². The lowest BCUT2D eigenvalue weighted by Crippen LogP contribution is -2.48. The molecule has 2 fully saturated rings. The lowest BCUT2D eigenvalue weighted by molar-refractivity contribution is -0.120. The first-order valence-electron chi connectivity index (χ1n) is 8.52. The Balaban J connectivity index is 1.75. The van der Waals surface area contributed by atoms with Crippen LogP contribution in [0.1, 0.15) is 25.7 Å². The maximum absolute atomic E-state index is 13.2. The number of carbonyl (C=O) groups is 1. The van der Waals surface area contributed by atoms with Gasteiger partial charge in [0.2, 0.25) is 5.91 Å². The molecule has 0 radical (unpaired) electrons.